The molecule has 6 heteroatoms. The topological polar surface area (TPSA) is 37.8 Å². The smallest absolute Gasteiger partial charge is 0.171 e. The van der Waals surface area contributed by atoms with E-state index in [-0.39, 0.29) is 0 Å². The summed E-state index contributed by atoms with van der Waals surface area (Å²) in [5, 5.41) is 0. The van der Waals surface area contributed by atoms with Crippen LogP contribution in [0.1, 0.15) is 0 Å². The SMILES string of the molecule is COc1cc(Br)cnc1N1CCN(C2COC2)CC1. The summed E-state index contributed by atoms with van der Waals surface area (Å²) in [4.78, 5) is 9.29. The highest BCUT2D eigenvalue weighted by Crippen LogP contribution is 2.29. The van der Waals surface area contributed by atoms with Crippen LogP contribution >= 0.6 is 15.9 Å². The van der Waals surface area contributed by atoms with Crippen LogP contribution in [0.15, 0.2) is 16.7 Å². The van der Waals surface area contributed by atoms with Gasteiger partial charge in [0.2, 0.25) is 0 Å². The first-order valence-corrected chi connectivity index (χ1v) is 7.33. The molecular weight excluding hydrogens is 310 g/mol. The summed E-state index contributed by atoms with van der Waals surface area (Å²) in [6, 6.07) is 2.59. The largest absolute Gasteiger partial charge is 0.493 e. The van der Waals surface area contributed by atoms with Crippen molar-refractivity contribution in [3.05, 3.63) is 16.7 Å². The van der Waals surface area contributed by atoms with E-state index in [1.54, 1.807) is 7.11 Å². The molecule has 1 aromatic heterocycles. The van der Waals surface area contributed by atoms with E-state index >= 15 is 0 Å². The van der Waals surface area contributed by atoms with Gasteiger partial charge >= 0.3 is 0 Å². The molecule has 0 aliphatic carbocycles. The predicted molar refractivity (Wildman–Crippen MR) is 76.9 cm³/mol. The molecule has 3 rings (SSSR count). The number of pyridine rings is 1. The summed E-state index contributed by atoms with van der Waals surface area (Å²) < 4.78 is 11.6. The molecule has 0 spiro atoms. The van der Waals surface area contributed by atoms with E-state index in [2.05, 4.69) is 30.7 Å². The molecule has 19 heavy (non-hydrogen) atoms. The van der Waals surface area contributed by atoms with Crippen LogP contribution in [0.3, 0.4) is 0 Å². The van der Waals surface area contributed by atoms with Gasteiger partial charge in [0.15, 0.2) is 11.6 Å². The van der Waals surface area contributed by atoms with Crippen molar-refractivity contribution in [1.29, 1.82) is 0 Å². The number of hydrogen-bond acceptors (Lipinski definition) is 5. The summed E-state index contributed by atoms with van der Waals surface area (Å²) in [6.07, 6.45) is 1.82. The first-order chi connectivity index (χ1) is 9.28. The van der Waals surface area contributed by atoms with Crippen LogP contribution in [0.5, 0.6) is 5.75 Å². The van der Waals surface area contributed by atoms with Crippen LogP contribution in [0.25, 0.3) is 0 Å². The fourth-order valence-corrected chi connectivity index (χ4v) is 2.84. The van der Waals surface area contributed by atoms with Crippen molar-refractivity contribution in [2.45, 2.75) is 6.04 Å². The normalized spacial score (nSPS) is 21.3. The van der Waals surface area contributed by atoms with Crippen LogP contribution in [-0.4, -0.2) is 62.4 Å². The number of methoxy groups -OCH3 is 1. The summed E-state index contributed by atoms with van der Waals surface area (Å²) >= 11 is 3.42. The fourth-order valence-electron chi connectivity index (χ4n) is 2.53. The molecule has 0 unspecified atom stereocenters. The van der Waals surface area contributed by atoms with Crippen molar-refractivity contribution in [2.24, 2.45) is 0 Å². The van der Waals surface area contributed by atoms with Gasteiger partial charge in [0, 0.05) is 36.8 Å². The van der Waals surface area contributed by atoms with E-state index in [4.69, 9.17) is 9.47 Å². The maximum Gasteiger partial charge on any atom is 0.171 e. The lowest BCUT2D eigenvalue weighted by atomic mass is 10.2. The number of anilines is 1. The molecule has 104 valence electrons. The molecule has 0 bridgehead atoms. The number of hydrogen-bond donors (Lipinski definition) is 0. The number of nitrogens with zero attached hydrogens (tertiary/aromatic N) is 3. The monoisotopic (exact) mass is 327 g/mol. The van der Waals surface area contributed by atoms with E-state index < -0.39 is 0 Å². The molecule has 3 heterocycles. The van der Waals surface area contributed by atoms with Crippen molar-refractivity contribution in [3.63, 3.8) is 0 Å². The summed E-state index contributed by atoms with van der Waals surface area (Å²) in [7, 11) is 1.69. The first-order valence-electron chi connectivity index (χ1n) is 6.54. The average Bonchev–Trinajstić information content (AvgIpc) is 2.38. The van der Waals surface area contributed by atoms with Crippen molar-refractivity contribution < 1.29 is 9.47 Å². The molecule has 2 aliphatic heterocycles. The van der Waals surface area contributed by atoms with E-state index in [9.17, 15) is 0 Å². The molecule has 0 saturated carbocycles. The van der Waals surface area contributed by atoms with Crippen LogP contribution < -0.4 is 9.64 Å². The molecule has 2 aliphatic rings. The van der Waals surface area contributed by atoms with Gasteiger partial charge in [-0.1, -0.05) is 0 Å². The molecule has 0 radical (unpaired) electrons. The second-order valence-electron chi connectivity index (χ2n) is 4.89. The Morgan fingerprint density at radius 3 is 2.63 bits per heavy atom. The summed E-state index contributed by atoms with van der Waals surface area (Å²) in [5.41, 5.74) is 0. The van der Waals surface area contributed by atoms with Gasteiger partial charge in [0.05, 0.1) is 26.4 Å². The molecule has 0 N–H and O–H groups in total. The summed E-state index contributed by atoms with van der Waals surface area (Å²) in [6.45, 7) is 5.88. The second-order valence-corrected chi connectivity index (χ2v) is 5.81. The van der Waals surface area contributed by atoms with Crippen LogP contribution in [0.2, 0.25) is 0 Å². The van der Waals surface area contributed by atoms with Gasteiger partial charge in [0.1, 0.15) is 0 Å². The van der Waals surface area contributed by atoms with Gasteiger partial charge in [-0.25, -0.2) is 4.98 Å². The Morgan fingerprint density at radius 2 is 2.05 bits per heavy atom. The lowest BCUT2D eigenvalue weighted by molar-refractivity contribution is -0.0661. The minimum absolute atomic E-state index is 0.627. The molecule has 2 fully saturated rings. The molecule has 5 nitrogen and oxygen atoms in total. The Labute approximate surface area is 121 Å². The molecule has 2 saturated heterocycles. The molecular formula is C13H18BrN3O2. The number of halogens is 1. The summed E-state index contributed by atoms with van der Waals surface area (Å²) in [5.74, 6) is 1.77. The van der Waals surface area contributed by atoms with E-state index in [1.165, 1.54) is 0 Å². The average molecular weight is 328 g/mol. The third kappa shape index (κ3) is 2.70. The Balaban J connectivity index is 1.67. The Bertz CT molecular complexity index is 446. The highest BCUT2D eigenvalue weighted by atomic mass is 79.9. The Kier molecular flexibility index (Phi) is 3.91. The minimum Gasteiger partial charge on any atom is -0.493 e. The van der Waals surface area contributed by atoms with Gasteiger partial charge in [-0.05, 0) is 22.0 Å². The van der Waals surface area contributed by atoms with E-state index in [1.807, 2.05) is 12.3 Å². The quantitative estimate of drug-likeness (QED) is 0.838. The maximum absolute atomic E-state index is 5.42. The van der Waals surface area contributed by atoms with E-state index in [0.717, 1.165) is 55.4 Å². The van der Waals surface area contributed by atoms with Gasteiger partial charge in [0.25, 0.3) is 0 Å². The van der Waals surface area contributed by atoms with Gasteiger partial charge in [-0.2, -0.15) is 0 Å². The number of rotatable bonds is 3. The highest BCUT2D eigenvalue weighted by molar-refractivity contribution is 9.10. The maximum atomic E-state index is 5.42. The molecule has 0 aromatic carbocycles. The number of ether oxygens (including phenoxy) is 2. The highest BCUT2D eigenvalue weighted by Gasteiger charge is 2.29. The zero-order chi connectivity index (χ0) is 13.2. The van der Waals surface area contributed by atoms with Crippen molar-refractivity contribution in [2.75, 3.05) is 51.4 Å². The van der Waals surface area contributed by atoms with E-state index in [0.29, 0.717) is 6.04 Å². The molecule has 1 aromatic rings. The molecule has 0 amide bonds. The van der Waals surface area contributed by atoms with Gasteiger partial charge in [-0.15, -0.1) is 0 Å². The predicted octanol–water partition coefficient (Wildman–Crippen LogP) is 1.37. The zero-order valence-electron chi connectivity index (χ0n) is 11.0. The standard InChI is InChI=1S/C13H18BrN3O2/c1-18-12-6-10(14)7-15-13(12)17-4-2-16(3-5-17)11-8-19-9-11/h6-7,11H,2-5,8-9H2,1H3. The van der Waals surface area contributed by atoms with Crippen molar-refractivity contribution >= 4 is 21.7 Å². The Hall–Kier alpha value is -0.850. The lowest BCUT2D eigenvalue weighted by Crippen LogP contribution is -2.56. The number of aromatic nitrogens is 1. The second kappa shape index (κ2) is 5.64. The lowest BCUT2D eigenvalue weighted by Gasteiger charge is -2.43. The van der Waals surface area contributed by atoms with Gasteiger partial charge < -0.3 is 14.4 Å². The number of piperazine rings is 1. The third-order valence-electron chi connectivity index (χ3n) is 3.77. The fraction of sp³-hybridized carbons (Fsp3) is 0.615. The first kappa shape index (κ1) is 13.1. The van der Waals surface area contributed by atoms with Crippen LogP contribution in [-0.2, 0) is 4.74 Å². The zero-order valence-corrected chi connectivity index (χ0v) is 12.6. The van der Waals surface area contributed by atoms with Crippen LogP contribution in [0.4, 0.5) is 5.82 Å². The van der Waals surface area contributed by atoms with Crippen molar-refractivity contribution in [3.8, 4) is 5.75 Å². The molecule has 0 atom stereocenters. The third-order valence-corrected chi connectivity index (χ3v) is 4.20. The Morgan fingerprint density at radius 1 is 1.32 bits per heavy atom. The minimum atomic E-state index is 0.627. The van der Waals surface area contributed by atoms with Crippen molar-refractivity contribution in [1.82, 2.24) is 9.88 Å². The van der Waals surface area contributed by atoms with Crippen LogP contribution in [0, 0.1) is 0 Å². The van der Waals surface area contributed by atoms with Gasteiger partial charge in [-0.3, -0.25) is 4.90 Å².